The van der Waals surface area contributed by atoms with E-state index in [4.69, 9.17) is 0 Å². The van der Waals surface area contributed by atoms with Crippen molar-refractivity contribution in [3.63, 3.8) is 0 Å². The lowest BCUT2D eigenvalue weighted by molar-refractivity contribution is 0.491. The van der Waals surface area contributed by atoms with Gasteiger partial charge in [-0.3, -0.25) is 0 Å². The van der Waals surface area contributed by atoms with Gasteiger partial charge < -0.3 is 0 Å². The molecular weight excluding hydrogens is 589 g/mol. The summed E-state index contributed by atoms with van der Waals surface area (Å²) in [5.41, 5.74) is 10.9. The first-order valence-corrected chi connectivity index (χ1v) is 17.8. The second-order valence-electron chi connectivity index (χ2n) is 14.2. The molecule has 0 aliphatic heterocycles. The monoisotopic (exact) mass is 622 g/mol. The summed E-state index contributed by atoms with van der Waals surface area (Å²) < 4.78 is 0. The van der Waals surface area contributed by atoms with Gasteiger partial charge in [0.15, 0.2) is 0 Å². The summed E-state index contributed by atoms with van der Waals surface area (Å²) in [5, 5.41) is 16.1. The Bertz CT molecular complexity index is 2720. The fourth-order valence-electron chi connectivity index (χ4n) is 9.82. The third kappa shape index (κ3) is 3.49. The van der Waals surface area contributed by atoms with Gasteiger partial charge in [0.05, 0.1) is 0 Å². The zero-order valence-corrected chi connectivity index (χ0v) is 27.8. The summed E-state index contributed by atoms with van der Waals surface area (Å²) in [5.74, 6) is 0. The Hall–Kier alpha value is -5.72. The summed E-state index contributed by atoms with van der Waals surface area (Å²) in [6.07, 6.45) is 2.13. The molecule has 0 atom stereocenters. The Labute approximate surface area is 285 Å². The second-order valence-corrected chi connectivity index (χ2v) is 14.2. The lowest BCUT2D eigenvalue weighted by Crippen LogP contribution is -2.23. The fraction of sp³-hybridized carbons (Fsp3) is 0.102. The molecule has 0 bridgehead atoms. The van der Waals surface area contributed by atoms with E-state index in [0.29, 0.717) is 0 Å². The minimum Gasteiger partial charge on any atom is -0.0642 e. The first-order chi connectivity index (χ1) is 24.2. The van der Waals surface area contributed by atoms with Crippen LogP contribution in [0.4, 0.5) is 0 Å². The molecule has 0 aromatic heterocycles. The predicted molar refractivity (Wildman–Crippen MR) is 212 cm³/mol. The highest BCUT2D eigenvalue weighted by Gasteiger charge is 2.41. The molecule has 10 aromatic carbocycles. The van der Waals surface area contributed by atoms with Crippen LogP contribution >= 0.6 is 0 Å². The summed E-state index contributed by atoms with van der Waals surface area (Å²) in [6, 6.07) is 55.7. The van der Waals surface area contributed by atoms with Gasteiger partial charge in [0, 0.05) is 5.41 Å². The average molecular weight is 623 g/mol. The SMILES string of the molecule is CCC1(CC)c2cc(-c3ccc4ccc5cccc6ccc3c4c56)ccc2-c2ccc(-c3ccc4ccc5cccc6ccc3c4c56)cc21. The topological polar surface area (TPSA) is 0 Å². The van der Waals surface area contributed by atoms with Crippen LogP contribution in [0.5, 0.6) is 0 Å². The maximum atomic E-state index is 2.53. The number of fused-ring (bicyclic) bond motifs is 3. The molecule has 0 amide bonds. The molecule has 0 radical (unpaired) electrons. The van der Waals surface area contributed by atoms with E-state index < -0.39 is 0 Å². The Kier molecular flexibility index (Phi) is 5.38. The van der Waals surface area contributed by atoms with E-state index in [0.717, 1.165) is 12.8 Å². The summed E-state index contributed by atoms with van der Waals surface area (Å²) in [7, 11) is 0. The Morgan fingerprint density at radius 3 is 1.10 bits per heavy atom. The van der Waals surface area contributed by atoms with E-state index in [1.165, 1.54) is 109 Å². The average Bonchev–Trinajstić information content (AvgIpc) is 3.44. The highest BCUT2D eigenvalue weighted by atomic mass is 14.4. The van der Waals surface area contributed by atoms with Crippen molar-refractivity contribution in [2.24, 2.45) is 0 Å². The van der Waals surface area contributed by atoms with Gasteiger partial charge in [-0.2, -0.15) is 0 Å². The molecule has 0 N–H and O–H groups in total. The van der Waals surface area contributed by atoms with Gasteiger partial charge in [-0.15, -0.1) is 0 Å². The van der Waals surface area contributed by atoms with Crippen molar-refractivity contribution < 1.29 is 0 Å². The first kappa shape index (κ1) is 27.3. The quantitative estimate of drug-likeness (QED) is 0.171. The van der Waals surface area contributed by atoms with Crippen molar-refractivity contribution in [2.45, 2.75) is 32.1 Å². The molecule has 11 rings (SSSR count). The van der Waals surface area contributed by atoms with Gasteiger partial charge >= 0.3 is 0 Å². The van der Waals surface area contributed by atoms with Crippen LogP contribution in [0.25, 0.3) is 98.0 Å². The molecule has 0 fully saturated rings. The van der Waals surface area contributed by atoms with Gasteiger partial charge in [-0.1, -0.05) is 147 Å². The second kappa shape index (κ2) is 9.68. The Morgan fingerprint density at radius 1 is 0.347 bits per heavy atom. The van der Waals surface area contributed by atoms with Crippen LogP contribution in [-0.2, 0) is 5.41 Å². The van der Waals surface area contributed by atoms with Gasteiger partial charge in [0.2, 0.25) is 0 Å². The molecule has 0 saturated carbocycles. The normalized spacial score (nSPS) is 13.8. The van der Waals surface area contributed by atoms with Crippen LogP contribution in [-0.4, -0.2) is 0 Å². The van der Waals surface area contributed by atoms with Crippen LogP contribution in [0.3, 0.4) is 0 Å². The number of rotatable bonds is 4. The van der Waals surface area contributed by atoms with Crippen molar-refractivity contribution in [1.29, 1.82) is 0 Å². The van der Waals surface area contributed by atoms with E-state index in [1.807, 2.05) is 0 Å². The molecule has 0 nitrogen and oxygen atoms in total. The predicted octanol–water partition coefficient (Wildman–Crippen LogP) is 13.9. The van der Waals surface area contributed by atoms with Crippen molar-refractivity contribution in [3.05, 3.63) is 157 Å². The molecule has 230 valence electrons. The molecule has 1 aliphatic carbocycles. The number of hydrogen-bond donors (Lipinski definition) is 0. The standard InChI is InChI=1S/C49H34/c1-3-49(4-2)43-27-35(37-21-15-33-13-11-29-7-5-9-31-17-25-41(37)47(33)45(29)31)19-23-39(43)40-24-20-36(28-44(40)49)38-22-16-34-14-12-30-8-6-10-32-18-26-42(38)48(34)46(30)32/h5-28H,3-4H2,1-2H3. The molecular formula is C49H34. The van der Waals surface area contributed by atoms with Gasteiger partial charge in [-0.05, 0) is 134 Å². The highest BCUT2D eigenvalue weighted by molar-refractivity contribution is 6.26. The van der Waals surface area contributed by atoms with E-state index in [9.17, 15) is 0 Å². The third-order valence-corrected chi connectivity index (χ3v) is 12.2. The molecule has 0 unspecified atom stereocenters. The van der Waals surface area contributed by atoms with E-state index in [-0.39, 0.29) is 5.41 Å². The van der Waals surface area contributed by atoms with E-state index in [2.05, 4.69) is 159 Å². The van der Waals surface area contributed by atoms with Crippen LogP contribution in [0.1, 0.15) is 37.8 Å². The van der Waals surface area contributed by atoms with Crippen LogP contribution in [0.15, 0.2) is 146 Å². The molecule has 49 heavy (non-hydrogen) atoms. The zero-order chi connectivity index (χ0) is 32.4. The smallest absolute Gasteiger partial charge is 0.0210 e. The Morgan fingerprint density at radius 2 is 0.694 bits per heavy atom. The van der Waals surface area contributed by atoms with Crippen molar-refractivity contribution in [1.82, 2.24) is 0 Å². The van der Waals surface area contributed by atoms with Gasteiger partial charge in [-0.25, -0.2) is 0 Å². The van der Waals surface area contributed by atoms with Crippen molar-refractivity contribution in [2.75, 3.05) is 0 Å². The maximum Gasteiger partial charge on any atom is 0.0210 e. The van der Waals surface area contributed by atoms with Crippen LogP contribution in [0, 0.1) is 0 Å². The molecule has 0 heterocycles. The fourth-order valence-corrected chi connectivity index (χ4v) is 9.82. The maximum absolute atomic E-state index is 2.53. The number of hydrogen-bond acceptors (Lipinski definition) is 0. The minimum atomic E-state index is -0.0374. The van der Waals surface area contributed by atoms with Crippen LogP contribution < -0.4 is 0 Å². The molecule has 0 spiro atoms. The lowest BCUT2D eigenvalue weighted by atomic mass is 9.73. The largest absolute Gasteiger partial charge is 0.0642 e. The summed E-state index contributed by atoms with van der Waals surface area (Å²) in [4.78, 5) is 0. The third-order valence-electron chi connectivity index (χ3n) is 12.2. The first-order valence-electron chi connectivity index (χ1n) is 17.8. The number of benzene rings is 10. The summed E-state index contributed by atoms with van der Waals surface area (Å²) in [6.45, 7) is 4.77. The summed E-state index contributed by atoms with van der Waals surface area (Å²) >= 11 is 0. The highest BCUT2D eigenvalue weighted by Crippen LogP contribution is 2.55. The Balaban J connectivity index is 1.10. The van der Waals surface area contributed by atoms with Gasteiger partial charge in [0.1, 0.15) is 0 Å². The van der Waals surface area contributed by atoms with Gasteiger partial charge in [0.25, 0.3) is 0 Å². The van der Waals surface area contributed by atoms with Crippen molar-refractivity contribution >= 4 is 64.6 Å². The molecule has 0 saturated heterocycles. The zero-order valence-electron chi connectivity index (χ0n) is 27.8. The van der Waals surface area contributed by atoms with E-state index in [1.54, 1.807) is 0 Å². The van der Waals surface area contributed by atoms with E-state index >= 15 is 0 Å². The van der Waals surface area contributed by atoms with Crippen molar-refractivity contribution in [3.8, 4) is 33.4 Å². The van der Waals surface area contributed by atoms with Crippen LogP contribution in [0.2, 0.25) is 0 Å². The lowest BCUT2D eigenvalue weighted by Gasteiger charge is -2.30. The molecule has 1 aliphatic rings. The minimum absolute atomic E-state index is 0.0374. The molecule has 0 heteroatoms. The molecule has 10 aromatic rings.